The van der Waals surface area contributed by atoms with E-state index in [4.69, 9.17) is 5.73 Å². The molecule has 0 aliphatic heterocycles. The van der Waals surface area contributed by atoms with Crippen LogP contribution in [0.5, 0.6) is 0 Å². The molecule has 0 aliphatic carbocycles. The van der Waals surface area contributed by atoms with Crippen LogP contribution in [-0.2, 0) is 4.79 Å². The molecule has 4 heteroatoms. The first kappa shape index (κ1) is 8.36. The zero-order valence-electron chi connectivity index (χ0n) is 5.70. The van der Waals surface area contributed by atoms with Crippen molar-refractivity contribution in [2.75, 3.05) is 0 Å². The predicted molar refractivity (Wildman–Crippen MR) is 44.9 cm³/mol. The van der Waals surface area contributed by atoms with Gasteiger partial charge in [-0.15, -0.1) is 0 Å². The van der Waals surface area contributed by atoms with Crippen LogP contribution in [0.25, 0.3) is 0 Å². The average molecular weight is 215 g/mol. The molecule has 0 aromatic carbocycles. The third-order valence-corrected chi connectivity index (χ3v) is 1.69. The van der Waals surface area contributed by atoms with E-state index >= 15 is 0 Å². The number of pyridine rings is 1. The highest BCUT2D eigenvalue weighted by Gasteiger charge is 2.03. The maximum Gasteiger partial charge on any atom is 0.141 e. The number of halogens is 1. The van der Waals surface area contributed by atoms with Gasteiger partial charge < -0.3 is 10.5 Å². The summed E-state index contributed by atoms with van der Waals surface area (Å²) in [5.74, 6) is 0. The van der Waals surface area contributed by atoms with Crippen LogP contribution in [0.2, 0.25) is 0 Å². The van der Waals surface area contributed by atoms with Crippen molar-refractivity contribution in [2.45, 2.75) is 6.04 Å². The van der Waals surface area contributed by atoms with Crippen molar-refractivity contribution < 1.29 is 4.79 Å². The van der Waals surface area contributed by atoms with Gasteiger partial charge in [-0.25, -0.2) is 0 Å². The third kappa shape index (κ3) is 2.10. The van der Waals surface area contributed by atoms with Gasteiger partial charge in [-0.2, -0.15) is 0 Å². The summed E-state index contributed by atoms with van der Waals surface area (Å²) in [5.41, 5.74) is 6.15. The predicted octanol–water partition coefficient (Wildman–Crippen LogP) is 1.04. The first-order valence-corrected chi connectivity index (χ1v) is 3.84. The summed E-state index contributed by atoms with van der Waals surface area (Å²) in [6.45, 7) is 0. The van der Waals surface area contributed by atoms with Crippen molar-refractivity contribution in [3.05, 3.63) is 28.5 Å². The lowest BCUT2D eigenvalue weighted by atomic mass is 10.1. The van der Waals surface area contributed by atoms with Crippen LogP contribution in [0.1, 0.15) is 11.6 Å². The summed E-state index contributed by atoms with van der Waals surface area (Å²) in [4.78, 5) is 14.1. The molecule has 0 spiro atoms. The van der Waals surface area contributed by atoms with Gasteiger partial charge in [0.2, 0.25) is 0 Å². The molecule has 1 aromatic rings. The molecule has 0 saturated carbocycles. The number of rotatable bonds is 2. The summed E-state index contributed by atoms with van der Waals surface area (Å²) in [6, 6.07) is 1.20. The Morgan fingerprint density at radius 3 is 2.91 bits per heavy atom. The molecule has 58 valence electrons. The standard InChI is InChI=1S/C7H7BrN2O/c8-6-1-5(2-10-3-6)7(9)4-11/h1-4,7H,9H2. The second-order valence-electron chi connectivity index (χ2n) is 2.10. The Kier molecular flexibility index (Phi) is 2.73. The van der Waals surface area contributed by atoms with E-state index in [0.29, 0.717) is 6.29 Å². The fraction of sp³-hybridized carbons (Fsp3) is 0.143. The largest absolute Gasteiger partial charge is 0.318 e. The van der Waals surface area contributed by atoms with Crippen LogP contribution in [0, 0.1) is 0 Å². The number of nitrogens with zero attached hydrogens (tertiary/aromatic N) is 1. The number of carbonyl (C=O) groups is 1. The van der Waals surface area contributed by atoms with Gasteiger partial charge in [0.1, 0.15) is 6.29 Å². The van der Waals surface area contributed by atoms with Gasteiger partial charge in [0.25, 0.3) is 0 Å². The van der Waals surface area contributed by atoms with Crippen molar-refractivity contribution in [3.8, 4) is 0 Å². The number of hydrogen-bond acceptors (Lipinski definition) is 3. The van der Waals surface area contributed by atoms with Gasteiger partial charge in [-0.3, -0.25) is 4.98 Å². The number of hydrogen-bond donors (Lipinski definition) is 1. The molecule has 1 unspecified atom stereocenters. The Bertz CT molecular complexity index is 264. The second-order valence-corrected chi connectivity index (χ2v) is 3.01. The lowest BCUT2D eigenvalue weighted by Crippen LogP contribution is -2.11. The molecule has 0 saturated heterocycles. The Morgan fingerprint density at radius 2 is 2.36 bits per heavy atom. The number of aromatic nitrogens is 1. The zero-order chi connectivity index (χ0) is 8.27. The van der Waals surface area contributed by atoms with Crippen LogP contribution in [0.3, 0.4) is 0 Å². The van der Waals surface area contributed by atoms with E-state index in [9.17, 15) is 4.79 Å². The topological polar surface area (TPSA) is 56.0 Å². The molecule has 0 radical (unpaired) electrons. The lowest BCUT2D eigenvalue weighted by Gasteiger charge is -2.02. The first-order valence-electron chi connectivity index (χ1n) is 3.05. The zero-order valence-corrected chi connectivity index (χ0v) is 7.28. The molecule has 0 bridgehead atoms. The smallest absolute Gasteiger partial charge is 0.141 e. The van der Waals surface area contributed by atoms with E-state index in [0.717, 1.165) is 10.0 Å². The van der Waals surface area contributed by atoms with E-state index in [1.165, 1.54) is 0 Å². The SMILES string of the molecule is NC(C=O)c1cncc(Br)c1. The maximum atomic E-state index is 10.2. The van der Waals surface area contributed by atoms with Crippen LogP contribution in [-0.4, -0.2) is 11.3 Å². The second kappa shape index (κ2) is 3.59. The number of carbonyl (C=O) groups excluding carboxylic acids is 1. The van der Waals surface area contributed by atoms with Crippen molar-refractivity contribution in [1.82, 2.24) is 4.98 Å². The molecule has 0 amide bonds. The number of aldehydes is 1. The summed E-state index contributed by atoms with van der Waals surface area (Å²) in [6.07, 6.45) is 3.90. The van der Waals surface area contributed by atoms with Crippen molar-refractivity contribution in [3.63, 3.8) is 0 Å². The fourth-order valence-corrected chi connectivity index (χ4v) is 1.07. The van der Waals surface area contributed by atoms with Gasteiger partial charge in [0.05, 0.1) is 6.04 Å². The summed E-state index contributed by atoms with van der Waals surface area (Å²) < 4.78 is 0.826. The minimum atomic E-state index is -0.569. The van der Waals surface area contributed by atoms with Crippen LogP contribution in [0.15, 0.2) is 22.9 Å². The minimum absolute atomic E-state index is 0.569. The molecule has 11 heavy (non-hydrogen) atoms. The monoisotopic (exact) mass is 214 g/mol. The van der Waals surface area contributed by atoms with Crippen LogP contribution >= 0.6 is 15.9 Å². The van der Waals surface area contributed by atoms with Crippen LogP contribution in [0.4, 0.5) is 0 Å². The number of nitrogens with two attached hydrogens (primary N) is 1. The molecule has 0 aliphatic rings. The molecule has 0 fully saturated rings. The molecule has 2 N–H and O–H groups in total. The molecule has 3 nitrogen and oxygen atoms in total. The van der Waals surface area contributed by atoms with E-state index < -0.39 is 6.04 Å². The van der Waals surface area contributed by atoms with Gasteiger partial charge in [-0.05, 0) is 27.6 Å². The molecular formula is C7H7BrN2O. The van der Waals surface area contributed by atoms with Crippen LogP contribution < -0.4 is 5.73 Å². The van der Waals surface area contributed by atoms with Gasteiger partial charge in [-0.1, -0.05) is 0 Å². The fourth-order valence-electron chi connectivity index (χ4n) is 0.689. The van der Waals surface area contributed by atoms with Gasteiger partial charge in [0.15, 0.2) is 0 Å². The van der Waals surface area contributed by atoms with Crippen molar-refractivity contribution in [1.29, 1.82) is 0 Å². The quantitative estimate of drug-likeness (QED) is 0.750. The highest BCUT2D eigenvalue weighted by Crippen LogP contribution is 2.13. The van der Waals surface area contributed by atoms with E-state index in [-0.39, 0.29) is 0 Å². The highest BCUT2D eigenvalue weighted by atomic mass is 79.9. The molecule has 1 rings (SSSR count). The summed E-state index contributed by atoms with van der Waals surface area (Å²) in [7, 11) is 0. The van der Waals surface area contributed by atoms with E-state index in [1.54, 1.807) is 18.5 Å². The molecule has 1 atom stereocenters. The molecule has 1 heterocycles. The first-order chi connectivity index (χ1) is 5.24. The highest BCUT2D eigenvalue weighted by molar-refractivity contribution is 9.10. The summed E-state index contributed by atoms with van der Waals surface area (Å²) in [5, 5.41) is 0. The maximum absolute atomic E-state index is 10.2. The lowest BCUT2D eigenvalue weighted by molar-refractivity contribution is -0.109. The Hall–Kier alpha value is -0.740. The van der Waals surface area contributed by atoms with E-state index in [1.807, 2.05) is 0 Å². The minimum Gasteiger partial charge on any atom is -0.318 e. The Balaban J connectivity index is 2.95. The van der Waals surface area contributed by atoms with Crippen molar-refractivity contribution in [2.24, 2.45) is 5.73 Å². The van der Waals surface area contributed by atoms with E-state index in [2.05, 4.69) is 20.9 Å². The van der Waals surface area contributed by atoms with Crippen molar-refractivity contribution >= 4 is 22.2 Å². The van der Waals surface area contributed by atoms with Gasteiger partial charge >= 0.3 is 0 Å². The molecular weight excluding hydrogens is 208 g/mol. The Labute approximate surface area is 72.7 Å². The third-order valence-electron chi connectivity index (χ3n) is 1.26. The Morgan fingerprint density at radius 1 is 1.64 bits per heavy atom. The van der Waals surface area contributed by atoms with Gasteiger partial charge in [0, 0.05) is 16.9 Å². The normalized spacial score (nSPS) is 12.5. The summed E-state index contributed by atoms with van der Waals surface area (Å²) >= 11 is 3.23. The molecule has 1 aromatic heterocycles. The average Bonchev–Trinajstić information content (AvgIpc) is 2.03.